The number of aromatic nitrogens is 4. The lowest BCUT2D eigenvalue weighted by molar-refractivity contribution is 0.288. The monoisotopic (exact) mass is 295 g/mol. The fraction of sp³-hybridized carbons (Fsp3) is 0.312. The highest BCUT2D eigenvalue weighted by molar-refractivity contribution is 5.47. The van der Waals surface area contributed by atoms with Gasteiger partial charge in [-0.3, -0.25) is 4.40 Å². The van der Waals surface area contributed by atoms with Crippen LogP contribution in [0.2, 0.25) is 0 Å². The minimum Gasteiger partial charge on any atom is -0.491 e. The summed E-state index contributed by atoms with van der Waals surface area (Å²) in [7, 11) is 0. The second-order valence-electron chi connectivity index (χ2n) is 5.42. The second-order valence-corrected chi connectivity index (χ2v) is 5.42. The van der Waals surface area contributed by atoms with Crippen molar-refractivity contribution in [3.8, 4) is 5.75 Å². The molecule has 3 heterocycles. The number of rotatable bonds is 4. The highest BCUT2D eigenvalue weighted by atomic mass is 16.5. The molecule has 112 valence electrons. The summed E-state index contributed by atoms with van der Waals surface area (Å²) >= 11 is 0. The van der Waals surface area contributed by atoms with Crippen LogP contribution in [0.1, 0.15) is 12.8 Å². The molecule has 1 aliphatic rings. The molecule has 1 aromatic carbocycles. The first-order chi connectivity index (χ1) is 10.9. The first-order valence-electron chi connectivity index (χ1n) is 7.51. The average molecular weight is 295 g/mol. The smallest absolute Gasteiger partial charge is 0.256 e. The average Bonchev–Trinajstić information content (AvgIpc) is 3.22. The third kappa shape index (κ3) is 2.36. The van der Waals surface area contributed by atoms with Gasteiger partial charge in [0.05, 0.1) is 6.04 Å². The molecule has 0 saturated carbocycles. The van der Waals surface area contributed by atoms with Gasteiger partial charge in [0.1, 0.15) is 24.5 Å². The molecule has 0 aliphatic carbocycles. The largest absolute Gasteiger partial charge is 0.491 e. The maximum Gasteiger partial charge on any atom is 0.256 e. The van der Waals surface area contributed by atoms with E-state index >= 15 is 0 Å². The Hall–Kier alpha value is -2.63. The number of hydrogen-bond acceptors (Lipinski definition) is 5. The molecule has 6 nitrogen and oxygen atoms in total. The van der Waals surface area contributed by atoms with Crippen LogP contribution in [0, 0.1) is 0 Å². The maximum atomic E-state index is 5.94. The number of ether oxygens (including phenoxy) is 1. The third-order valence-electron chi connectivity index (χ3n) is 4.05. The van der Waals surface area contributed by atoms with E-state index in [-0.39, 0.29) is 0 Å². The van der Waals surface area contributed by atoms with Crippen LogP contribution in [0.25, 0.3) is 5.78 Å². The minimum atomic E-state index is 0.355. The molecule has 0 bridgehead atoms. The van der Waals surface area contributed by atoms with E-state index in [1.807, 2.05) is 40.8 Å². The number of hydrogen-bond donors (Lipinski definition) is 0. The molecule has 1 fully saturated rings. The summed E-state index contributed by atoms with van der Waals surface area (Å²) in [5.41, 5.74) is 0. The van der Waals surface area contributed by atoms with E-state index in [0.29, 0.717) is 18.4 Å². The normalized spacial score (nSPS) is 18.0. The molecular formula is C16H17N5O. The Labute approximate surface area is 128 Å². The molecule has 1 atom stereocenters. The second kappa shape index (κ2) is 5.63. The van der Waals surface area contributed by atoms with E-state index < -0.39 is 0 Å². The molecule has 0 N–H and O–H groups in total. The zero-order chi connectivity index (χ0) is 14.8. The predicted octanol–water partition coefficient (Wildman–Crippen LogP) is 2.17. The van der Waals surface area contributed by atoms with Gasteiger partial charge in [-0.25, -0.2) is 4.98 Å². The van der Waals surface area contributed by atoms with Crippen molar-refractivity contribution in [2.45, 2.75) is 18.9 Å². The molecule has 0 radical (unpaired) electrons. The lowest BCUT2D eigenvalue weighted by Crippen LogP contribution is -2.35. The SMILES string of the molecule is c1ccc(OCC2CCCN2c2ccnc3nncn23)cc1. The van der Waals surface area contributed by atoms with Crippen molar-refractivity contribution in [3.63, 3.8) is 0 Å². The van der Waals surface area contributed by atoms with Gasteiger partial charge >= 0.3 is 0 Å². The zero-order valence-corrected chi connectivity index (χ0v) is 12.2. The van der Waals surface area contributed by atoms with Gasteiger partial charge in [-0.15, -0.1) is 10.2 Å². The summed E-state index contributed by atoms with van der Waals surface area (Å²) in [4.78, 5) is 6.59. The molecule has 2 aromatic heterocycles. The van der Waals surface area contributed by atoms with Gasteiger partial charge in [0.25, 0.3) is 5.78 Å². The van der Waals surface area contributed by atoms with Crippen molar-refractivity contribution in [3.05, 3.63) is 48.9 Å². The topological polar surface area (TPSA) is 55.5 Å². The van der Waals surface area contributed by atoms with Crippen LogP contribution in [0.4, 0.5) is 5.82 Å². The first kappa shape index (κ1) is 13.1. The fourth-order valence-corrected chi connectivity index (χ4v) is 2.98. The zero-order valence-electron chi connectivity index (χ0n) is 12.2. The maximum absolute atomic E-state index is 5.94. The van der Waals surface area contributed by atoms with Crippen molar-refractivity contribution in [1.29, 1.82) is 0 Å². The molecule has 3 aromatic rings. The van der Waals surface area contributed by atoms with Gasteiger partial charge in [0.2, 0.25) is 0 Å². The van der Waals surface area contributed by atoms with Gasteiger partial charge in [-0.05, 0) is 31.0 Å². The Bertz CT molecular complexity index is 757. The highest BCUT2D eigenvalue weighted by Gasteiger charge is 2.27. The molecule has 6 heteroatoms. The summed E-state index contributed by atoms with van der Waals surface area (Å²) in [5.74, 6) is 2.62. The standard InChI is InChI=1S/C16H17N5O/c1-2-6-14(7-3-1)22-11-13-5-4-10-20(13)15-8-9-17-16-19-18-12-21(15)16/h1-3,6-9,12-13H,4-5,10-11H2. The van der Waals surface area contributed by atoms with Crippen LogP contribution in [-0.4, -0.2) is 38.8 Å². The third-order valence-corrected chi connectivity index (χ3v) is 4.05. The van der Waals surface area contributed by atoms with E-state index in [1.54, 1.807) is 12.5 Å². The number of anilines is 1. The van der Waals surface area contributed by atoms with E-state index in [4.69, 9.17) is 4.74 Å². The highest BCUT2D eigenvalue weighted by Crippen LogP contribution is 2.26. The Morgan fingerprint density at radius 1 is 1.18 bits per heavy atom. The van der Waals surface area contributed by atoms with Crippen LogP contribution in [0.5, 0.6) is 5.75 Å². The van der Waals surface area contributed by atoms with Gasteiger partial charge < -0.3 is 9.64 Å². The lowest BCUT2D eigenvalue weighted by atomic mass is 10.2. The van der Waals surface area contributed by atoms with Crippen LogP contribution in [-0.2, 0) is 0 Å². The summed E-state index contributed by atoms with van der Waals surface area (Å²) in [6.45, 7) is 1.69. The van der Waals surface area contributed by atoms with Crippen molar-refractivity contribution < 1.29 is 4.74 Å². The van der Waals surface area contributed by atoms with E-state index in [9.17, 15) is 0 Å². The molecule has 0 amide bonds. The van der Waals surface area contributed by atoms with E-state index in [0.717, 1.165) is 31.0 Å². The van der Waals surface area contributed by atoms with Gasteiger partial charge in [-0.2, -0.15) is 0 Å². The Balaban J connectivity index is 1.55. The summed E-state index contributed by atoms with van der Waals surface area (Å²) < 4.78 is 7.87. The van der Waals surface area contributed by atoms with Crippen molar-refractivity contribution >= 4 is 11.6 Å². The molecule has 1 unspecified atom stereocenters. The van der Waals surface area contributed by atoms with Crippen LogP contribution >= 0.6 is 0 Å². The predicted molar refractivity (Wildman–Crippen MR) is 83.1 cm³/mol. The van der Waals surface area contributed by atoms with Crippen LogP contribution < -0.4 is 9.64 Å². The van der Waals surface area contributed by atoms with Crippen LogP contribution in [0.3, 0.4) is 0 Å². The first-order valence-corrected chi connectivity index (χ1v) is 7.51. The summed E-state index contributed by atoms with van der Waals surface area (Å²) in [6, 6.07) is 12.3. The van der Waals surface area contributed by atoms with Crippen molar-refractivity contribution in [1.82, 2.24) is 19.6 Å². The minimum absolute atomic E-state index is 0.355. The molecule has 22 heavy (non-hydrogen) atoms. The Morgan fingerprint density at radius 2 is 2.09 bits per heavy atom. The van der Waals surface area contributed by atoms with E-state index in [2.05, 4.69) is 20.1 Å². The summed E-state index contributed by atoms with van der Waals surface area (Å²) in [5, 5.41) is 7.96. The fourth-order valence-electron chi connectivity index (χ4n) is 2.98. The molecule has 1 saturated heterocycles. The number of fused-ring (bicyclic) bond motifs is 1. The number of para-hydroxylation sites is 1. The number of nitrogens with zero attached hydrogens (tertiary/aromatic N) is 5. The number of benzene rings is 1. The van der Waals surface area contributed by atoms with Gasteiger partial charge in [0, 0.05) is 12.7 Å². The molecule has 0 spiro atoms. The lowest BCUT2D eigenvalue weighted by Gasteiger charge is -2.27. The molecule has 4 rings (SSSR count). The summed E-state index contributed by atoms with van der Waals surface area (Å²) in [6.07, 6.45) is 5.78. The van der Waals surface area contributed by atoms with E-state index in [1.165, 1.54) is 0 Å². The molecule has 1 aliphatic heterocycles. The van der Waals surface area contributed by atoms with Gasteiger partial charge in [-0.1, -0.05) is 18.2 Å². The quantitative estimate of drug-likeness (QED) is 0.738. The Kier molecular flexibility index (Phi) is 3.34. The Morgan fingerprint density at radius 3 is 3.00 bits per heavy atom. The van der Waals surface area contributed by atoms with Gasteiger partial charge in [0.15, 0.2) is 0 Å². The molecular weight excluding hydrogens is 278 g/mol. The van der Waals surface area contributed by atoms with Crippen LogP contribution in [0.15, 0.2) is 48.9 Å². The van der Waals surface area contributed by atoms with Crippen molar-refractivity contribution in [2.24, 2.45) is 0 Å². The van der Waals surface area contributed by atoms with Crippen molar-refractivity contribution in [2.75, 3.05) is 18.1 Å².